The number of hydrogen-bond donors (Lipinski definition) is 1. The highest BCUT2D eigenvalue weighted by molar-refractivity contribution is 8.18. The molecular weight excluding hydrogens is 472 g/mol. The molecule has 0 aliphatic carbocycles. The molecule has 2 amide bonds. The first-order valence-electron chi connectivity index (χ1n) is 9.34. The Morgan fingerprint density at radius 2 is 2.00 bits per heavy atom. The molecule has 4 rings (SSSR count). The fraction of sp³-hybridized carbons (Fsp3) is 0.333. The molecule has 32 heavy (non-hydrogen) atoms. The lowest BCUT2D eigenvalue weighted by Crippen LogP contribution is -2.36. The first kappa shape index (κ1) is 22.4. The molecule has 1 N–H and O–H groups in total. The number of carbonyl (C=O) groups excluding carboxylic acids is 3. The van der Waals surface area contributed by atoms with Crippen LogP contribution in [0.1, 0.15) is 36.2 Å². The Morgan fingerprint density at radius 3 is 2.62 bits per heavy atom. The Hall–Kier alpha value is -2.84. The SMILES string of the molecule is Cc1cc(C)n2c1C=C1C=CC(CCC(=O)ON3C(=O)CC(S(=O)(=O)O)C3=O)=[N+]1S2(F)F. The first-order chi connectivity index (χ1) is 14.8. The van der Waals surface area contributed by atoms with Crippen molar-refractivity contribution in [3.8, 4) is 0 Å². The number of imide groups is 1. The molecule has 4 heterocycles. The van der Waals surface area contributed by atoms with Crippen molar-refractivity contribution in [2.75, 3.05) is 0 Å². The van der Waals surface area contributed by atoms with Gasteiger partial charge in [-0.15, -0.1) is 5.06 Å². The summed E-state index contributed by atoms with van der Waals surface area (Å²) in [6, 6.07) is 1.67. The van der Waals surface area contributed by atoms with Crippen LogP contribution in [0.3, 0.4) is 0 Å². The minimum Gasteiger partial charge on any atom is -0.330 e. The highest BCUT2D eigenvalue weighted by Crippen LogP contribution is 2.60. The zero-order valence-electron chi connectivity index (χ0n) is 16.8. The Balaban J connectivity index is 1.50. The molecule has 0 radical (unpaired) electrons. The van der Waals surface area contributed by atoms with Crippen LogP contribution in [-0.4, -0.2) is 54.7 Å². The van der Waals surface area contributed by atoms with Gasteiger partial charge < -0.3 is 4.84 Å². The highest BCUT2D eigenvalue weighted by Gasteiger charge is 2.51. The molecule has 10 nitrogen and oxygen atoms in total. The van der Waals surface area contributed by atoms with E-state index in [0.29, 0.717) is 11.4 Å². The summed E-state index contributed by atoms with van der Waals surface area (Å²) in [6.45, 7) is 3.33. The average molecular weight is 490 g/mol. The van der Waals surface area contributed by atoms with Gasteiger partial charge in [0.1, 0.15) is 0 Å². The number of carbonyl (C=O) groups is 3. The van der Waals surface area contributed by atoms with Crippen LogP contribution in [0.2, 0.25) is 0 Å². The van der Waals surface area contributed by atoms with Crippen LogP contribution in [0.25, 0.3) is 6.08 Å². The minimum atomic E-state index is -4.84. The Labute approximate surface area is 183 Å². The Bertz CT molecular complexity index is 1280. The monoisotopic (exact) mass is 490 g/mol. The van der Waals surface area contributed by atoms with Crippen LogP contribution in [0, 0.1) is 13.8 Å². The molecule has 1 aromatic rings. The second kappa shape index (κ2) is 7.35. The van der Waals surface area contributed by atoms with Gasteiger partial charge in [0.15, 0.2) is 5.25 Å². The summed E-state index contributed by atoms with van der Waals surface area (Å²) in [6.07, 6.45) is 3.10. The van der Waals surface area contributed by atoms with Gasteiger partial charge in [0.05, 0.1) is 18.5 Å². The van der Waals surface area contributed by atoms with E-state index >= 15 is 7.77 Å². The molecule has 0 aromatic carbocycles. The molecule has 1 fully saturated rings. The van der Waals surface area contributed by atoms with Crippen molar-refractivity contribution < 1.29 is 43.9 Å². The second-order valence-corrected chi connectivity index (χ2v) is 10.6. The van der Waals surface area contributed by atoms with Crippen molar-refractivity contribution in [1.82, 2.24) is 9.04 Å². The smallest absolute Gasteiger partial charge is 0.330 e. The van der Waals surface area contributed by atoms with E-state index in [1.807, 2.05) is 0 Å². The lowest BCUT2D eigenvalue weighted by atomic mass is 10.2. The van der Waals surface area contributed by atoms with E-state index in [9.17, 15) is 22.8 Å². The molecule has 0 spiro atoms. The predicted octanol–water partition coefficient (Wildman–Crippen LogP) is 1.99. The summed E-state index contributed by atoms with van der Waals surface area (Å²) in [5.74, 6) is -3.59. The number of hydrogen-bond acceptors (Lipinski definition) is 6. The van der Waals surface area contributed by atoms with Crippen molar-refractivity contribution in [2.24, 2.45) is 0 Å². The van der Waals surface area contributed by atoms with E-state index in [1.54, 1.807) is 26.0 Å². The number of aromatic nitrogens is 1. The van der Waals surface area contributed by atoms with E-state index in [4.69, 9.17) is 4.55 Å². The number of halogens is 2. The normalized spacial score (nSPS) is 22.7. The fourth-order valence-electron chi connectivity index (χ4n) is 3.81. The molecule has 0 bridgehead atoms. The van der Waals surface area contributed by atoms with Gasteiger partial charge in [0.25, 0.3) is 21.9 Å². The zero-order valence-corrected chi connectivity index (χ0v) is 18.5. The van der Waals surface area contributed by atoms with Gasteiger partial charge in [-0.3, -0.25) is 14.1 Å². The third-order valence-corrected chi connectivity index (χ3v) is 8.13. The number of fused-ring (bicyclic) bond motifs is 2. The molecule has 1 atom stereocenters. The van der Waals surface area contributed by atoms with Crippen molar-refractivity contribution in [2.45, 2.75) is 38.4 Å². The maximum Gasteiger partial charge on any atom is 0.387 e. The first-order valence-corrected chi connectivity index (χ1v) is 12.2. The number of allylic oxidation sites excluding steroid dienone is 2. The number of hydroxylamine groups is 2. The van der Waals surface area contributed by atoms with Gasteiger partial charge in [-0.2, -0.15) is 8.42 Å². The van der Waals surface area contributed by atoms with E-state index in [2.05, 4.69) is 4.84 Å². The third kappa shape index (κ3) is 3.47. The fourth-order valence-corrected chi connectivity index (χ4v) is 6.31. The van der Waals surface area contributed by atoms with Crippen LogP contribution in [0.4, 0.5) is 7.77 Å². The number of aryl methyl sites for hydroxylation is 2. The molecule has 1 aromatic heterocycles. The van der Waals surface area contributed by atoms with Crippen LogP contribution >= 0.6 is 11.2 Å². The summed E-state index contributed by atoms with van der Waals surface area (Å²) in [5.41, 5.74) is 1.97. The lowest BCUT2D eigenvalue weighted by Gasteiger charge is -2.25. The summed E-state index contributed by atoms with van der Waals surface area (Å²) in [4.78, 5) is 40.5. The molecule has 14 heteroatoms. The summed E-state index contributed by atoms with van der Waals surface area (Å²) in [5, 5.41) is -2.05. The van der Waals surface area contributed by atoms with Gasteiger partial charge in [-0.05, 0) is 25.5 Å². The maximum atomic E-state index is 15.4. The largest absolute Gasteiger partial charge is 0.387 e. The van der Waals surface area contributed by atoms with Crippen molar-refractivity contribution in [3.05, 3.63) is 40.9 Å². The highest BCUT2D eigenvalue weighted by atomic mass is 32.3. The Kier molecular flexibility index (Phi) is 5.14. The van der Waals surface area contributed by atoms with E-state index in [0.717, 1.165) is 13.5 Å². The molecule has 3 aliphatic heterocycles. The standard InChI is InChI=1S/C18H17F2N3O7S2/c1-10-7-11(2)22-14(10)8-13-4-3-12(23(13)32(22,19)20)5-6-17(25)30-21-16(24)9-15(18(21)26)31(27,28)29/h3-4,7-8,15H,5-6,9H2,1-2H3/p+1. The van der Waals surface area contributed by atoms with Crippen molar-refractivity contribution in [1.29, 1.82) is 0 Å². The van der Waals surface area contributed by atoms with Crippen LogP contribution < -0.4 is 0 Å². The van der Waals surface area contributed by atoms with Crippen molar-refractivity contribution >= 4 is 50.9 Å². The molecule has 0 saturated carbocycles. The van der Waals surface area contributed by atoms with Crippen LogP contribution in [0.15, 0.2) is 23.9 Å². The van der Waals surface area contributed by atoms with Crippen molar-refractivity contribution in [3.63, 3.8) is 0 Å². The minimum absolute atomic E-state index is 0.0137. The lowest BCUT2D eigenvalue weighted by molar-refractivity contribution is -0.302. The topological polar surface area (TPSA) is 126 Å². The quantitative estimate of drug-likeness (QED) is 0.380. The summed E-state index contributed by atoms with van der Waals surface area (Å²) in [7, 11) is -4.84. The average Bonchev–Trinajstić information content (AvgIpc) is 3.30. The number of amides is 2. The molecule has 172 valence electrons. The van der Waals surface area contributed by atoms with Gasteiger partial charge in [0.2, 0.25) is 11.4 Å². The number of rotatable bonds is 5. The zero-order chi connectivity index (χ0) is 23.6. The Morgan fingerprint density at radius 1 is 1.31 bits per heavy atom. The van der Waals surface area contributed by atoms with E-state index < -0.39 is 57.2 Å². The van der Waals surface area contributed by atoms with E-state index in [-0.39, 0.29) is 22.9 Å². The molecule has 1 saturated heterocycles. The van der Waals surface area contributed by atoms with Gasteiger partial charge in [-0.1, -0.05) is 11.8 Å². The molecular formula is C18H18F2N3O7S2+. The number of nitrogens with zero attached hydrogens (tertiary/aromatic N) is 3. The van der Waals surface area contributed by atoms with Crippen LogP contribution in [-0.2, 0) is 29.3 Å². The van der Waals surface area contributed by atoms with E-state index in [1.165, 1.54) is 12.2 Å². The summed E-state index contributed by atoms with van der Waals surface area (Å²) >= 11 is -4.47. The molecule has 3 aliphatic rings. The predicted molar refractivity (Wildman–Crippen MR) is 109 cm³/mol. The van der Waals surface area contributed by atoms with Crippen LogP contribution in [0.5, 0.6) is 0 Å². The third-order valence-electron chi connectivity index (χ3n) is 5.23. The maximum absolute atomic E-state index is 15.4. The summed E-state index contributed by atoms with van der Waals surface area (Å²) < 4.78 is 63.9. The van der Waals surface area contributed by atoms with Gasteiger partial charge in [-0.25, -0.2) is 8.77 Å². The van der Waals surface area contributed by atoms with Gasteiger partial charge in [0, 0.05) is 30.3 Å². The molecule has 1 unspecified atom stereocenters. The van der Waals surface area contributed by atoms with Gasteiger partial charge >= 0.3 is 17.1 Å². The second-order valence-electron chi connectivity index (χ2n) is 7.45.